The highest BCUT2D eigenvalue weighted by atomic mass is 16.6. The first-order valence-corrected chi connectivity index (χ1v) is 5.69. The fourth-order valence-electron chi connectivity index (χ4n) is 0.985. The number of ether oxygens (including phenoxy) is 3. The van der Waals surface area contributed by atoms with Gasteiger partial charge in [-0.05, 0) is 20.3 Å². The molecule has 1 aliphatic rings. The van der Waals surface area contributed by atoms with Gasteiger partial charge in [-0.2, -0.15) is 0 Å². The third-order valence-electron chi connectivity index (χ3n) is 1.98. The predicted octanol–water partition coefficient (Wildman–Crippen LogP) is 2.12. The Hall–Kier alpha value is -0.980. The molecule has 0 spiro atoms. The molecule has 0 saturated carbocycles. The molecule has 1 saturated heterocycles. The van der Waals surface area contributed by atoms with E-state index in [1.54, 1.807) is 12.3 Å². The fourth-order valence-corrected chi connectivity index (χ4v) is 0.985. The molecule has 0 radical (unpaired) electrons. The van der Waals surface area contributed by atoms with Gasteiger partial charge in [0.25, 0.3) is 0 Å². The van der Waals surface area contributed by atoms with Gasteiger partial charge in [0.2, 0.25) is 0 Å². The number of epoxide rings is 1. The van der Waals surface area contributed by atoms with Gasteiger partial charge in [-0.3, -0.25) is 0 Å². The second kappa shape index (κ2) is 6.57. The molecule has 1 heterocycles. The van der Waals surface area contributed by atoms with Gasteiger partial charge in [0.05, 0.1) is 26.1 Å². The molecule has 3 nitrogen and oxygen atoms in total. The number of hydrogen-bond acceptors (Lipinski definition) is 3. The third-order valence-corrected chi connectivity index (χ3v) is 1.98. The quantitative estimate of drug-likeness (QED) is 0.300. The molecule has 1 aliphatic heterocycles. The van der Waals surface area contributed by atoms with Crippen LogP contribution in [-0.4, -0.2) is 31.5 Å². The van der Waals surface area contributed by atoms with Crippen molar-refractivity contribution in [1.82, 2.24) is 0 Å². The first-order valence-electron chi connectivity index (χ1n) is 5.69. The van der Waals surface area contributed by atoms with Crippen LogP contribution in [-0.2, 0) is 14.2 Å². The van der Waals surface area contributed by atoms with Crippen molar-refractivity contribution in [3.05, 3.63) is 12.3 Å². The second-order valence-electron chi connectivity index (χ2n) is 4.22. The lowest BCUT2D eigenvalue weighted by Gasteiger charge is -2.17. The van der Waals surface area contributed by atoms with Crippen LogP contribution in [0.2, 0.25) is 0 Å². The van der Waals surface area contributed by atoms with Crippen molar-refractivity contribution >= 4 is 0 Å². The highest BCUT2D eigenvalue weighted by molar-refractivity contribution is 5.20. The van der Waals surface area contributed by atoms with Crippen LogP contribution in [0.3, 0.4) is 0 Å². The summed E-state index contributed by atoms with van der Waals surface area (Å²) in [4.78, 5) is 0. The monoisotopic (exact) mass is 224 g/mol. The lowest BCUT2D eigenvalue weighted by Crippen LogP contribution is -2.24. The standard InChI is InChI=1S/C13H20O3/c1-4-8-14-9-6-5-7-13(2,3)16-11-12-10-15-12/h6,9,12H,4,8,10-11H2,1-3H3/b9-6+. The molecular formula is C13H20O3. The summed E-state index contributed by atoms with van der Waals surface area (Å²) in [5, 5.41) is 0. The number of rotatable bonds is 6. The highest BCUT2D eigenvalue weighted by Gasteiger charge is 2.26. The molecule has 3 heteroatoms. The minimum absolute atomic E-state index is 0.282. The van der Waals surface area contributed by atoms with Gasteiger partial charge in [0.1, 0.15) is 11.7 Å². The molecule has 0 bridgehead atoms. The Morgan fingerprint density at radius 2 is 2.25 bits per heavy atom. The van der Waals surface area contributed by atoms with Crippen LogP contribution in [0.1, 0.15) is 27.2 Å². The lowest BCUT2D eigenvalue weighted by molar-refractivity contribution is 0.0178. The Balaban J connectivity index is 2.20. The average Bonchev–Trinajstić information content (AvgIpc) is 3.04. The molecule has 1 unspecified atom stereocenters. The summed E-state index contributed by atoms with van der Waals surface area (Å²) in [5.74, 6) is 5.93. The van der Waals surface area contributed by atoms with E-state index in [1.165, 1.54) is 0 Å². The Morgan fingerprint density at radius 3 is 2.88 bits per heavy atom. The highest BCUT2D eigenvalue weighted by Crippen LogP contribution is 2.14. The van der Waals surface area contributed by atoms with Gasteiger partial charge < -0.3 is 14.2 Å². The topological polar surface area (TPSA) is 31.0 Å². The van der Waals surface area contributed by atoms with Gasteiger partial charge in [-0.15, -0.1) is 0 Å². The Kier molecular flexibility index (Phi) is 5.37. The number of hydrogen-bond donors (Lipinski definition) is 0. The van der Waals surface area contributed by atoms with Gasteiger partial charge >= 0.3 is 0 Å². The van der Waals surface area contributed by atoms with E-state index in [1.807, 2.05) is 13.8 Å². The Labute approximate surface area is 97.8 Å². The first-order chi connectivity index (χ1) is 7.64. The van der Waals surface area contributed by atoms with Crippen molar-refractivity contribution in [1.29, 1.82) is 0 Å². The van der Waals surface area contributed by atoms with E-state index < -0.39 is 5.60 Å². The minimum atomic E-state index is -0.430. The molecule has 0 amide bonds. The molecule has 90 valence electrons. The summed E-state index contributed by atoms with van der Waals surface area (Å²) in [7, 11) is 0. The van der Waals surface area contributed by atoms with E-state index >= 15 is 0 Å². The number of allylic oxidation sites excluding steroid dienone is 1. The smallest absolute Gasteiger partial charge is 0.123 e. The van der Waals surface area contributed by atoms with E-state index in [0.29, 0.717) is 6.61 Å². The van der Waals surface area contributed by atoms with Crippen LogP contribution in [0.15, 0.2) is 12.3 Å². The SMILES string of the molecule is CCCO/C=C/C#CC(C)(C)OCC1CO1. The molecule has 1 rings (SSSR count). The van der Waals surface area contributed by atoms with E-state index in [2.05, 4.69) is 18.8 Å². The fraction of sp³-hybridized carbons (Fsp3) is 0.692. The van der Waals surface area contributed by atoms with Crippen molar-refractivity contribution in [2.75, 3.05) is 19.8 Å². The van der Waals surface area contributed by atoms with Crippen LogP contribution in [0, 0.1) is 11.8 Å². The minimum Gasteiger partial charge on any atom is -0.501 e. The zero-order chi connectivity index (χ0) is 11.9. The normalized spacial score (nSPS) is 19.3. The zero-order valence-corrected chi connectivity index (χ0v) is 10.3. The summed E-state index contributed by atoms with van der Waals surface area (Å²) < 4.78 is 15.8. The van der Waals surface area contributed by atoms with Gasteiger partial charge in [0.15, 0.2) is 0 Å². The maximum atomic E-state index is 5.61. The van der Waals surface area contributed by atoms with Gasteiger partial charge in [-0.25, -0.2) is 0 Å². The average molecular weight is 224 g/mol. The molecular weight excluding hydrogens is 204 g/mol. The predicted molar refractivity (Wildman–Crippen MR) is 62.9 cm³/mol. The molecule has 0 aromatic rings. The van der Waals surface area contributed by atoms with Crippen LogP contribution in [0.25, 0.3) is 0 Å². The van der Waals surface area contributed by atoms with Crippen molar-refractivity contribution in [3.8, 4) is 11.8 Å². The zero-order valence-electron chi connectivity index (χ0n) is 10.3. The summed E-state index contributed by atoms with van der Waals surface area (Å²) >= 11 is 0. The van der Waals surface area contributed by atoms with Crippen LogP contribution < -0.4 is 0 Å². The lowest BCUT2D eigenvalue weighted by atomic mass is 10.1. The molecule has 1 atom stereocenters. The third kappa shape index (κ3) is 6.49. The van der Waals surface area contributed by atoms with E-state index in [-0.39, 0.29) is 6.10 Å². The van der Waals surface area contributed by atoms with Crippen molar-refractivity contribution in [3.63, 3.8) is 0 Å². The summed E-state index contributed by atoms with van der Waals surface area (Å²) in [6, 6.07) is 0. The molecule has 0 N–H and O–H groups in total. The first kappa shape index (κ1) is 13.1. The van der Waals surface area contributed by atoms with Crippen LogP contribution >= 0.6 is 0 Å². The summed E-state index contributed by atoms with van der Waals surface area (Å²) in [6.45, 7) is 8.13. The summed E-state index contributed by atoms with van der Waals surface area (Å²) in [5.41, 5.74) is -0.430. The van der Waals surface area contributed by atoms with Gasteiger partial charge in [0, 0.05) is 6.08 Å². The molecule has 0 aromatic heterocycles. The van der Waals surface area contributed by atoms with Crippen molar-refractivity contribution in [2.45, 2.75) is 38.9 Å². The van der Waals surface area contributed by atoms with E-state index in [4.69, 9.17) is 14.2 Å². The summed E-state index contributed by atoms with van der Waals surface area (Å²) in [6.07, 6.45) is 4.61. The van der Waals surface area contributed by atoms with Crippen LogP contribution in [0.4, 0.5) is 0 Å². The van der Waals surface area contributed by atoms with E-state index in [9.17, 15) is 0 Å². The Morgan fingerprint density at radius 1 is 1.50 bits per heavy atom. The second-order valence-corrected chi connectivity index (χ2v) is 4.22. The Bertz CT molecular complexity index is 279. The van der Waals surface area contributed by atoms with Crippen molar-refractivity contribution < 1.29 is 14.2 Å². The molecule has 16 heavy (non-hydrogen) atoms. The molecule has 0 aromatic carbocycles. The maximum Gasteiger partial charge on any atom is 0.123 e. The maximum absolute atomic E-state index is 5.61. The van der Waals surface area contributed by atoms with Crippen molar-refractivity contribution in [2.24, 2.45) is 0 Å². The van der Waals surface area contributed by atoms with Crippen LogP contribution in [0.5, 0.6) is 0 Å². The molecule has 0 aliphatic carbocycles. The molecule has 1 fully saturated rings. The largest absolute Gasteiger partial charge is 0.501 e. The van der Waals surface area contributed by atoms with E-state index in [0.717, 1.165) is 19.6 Å². The van der Waals surface area contributed by atoms with Gasteiger partial charge in [-0.1, -0.05) is 18.8 Å².